The van der Waals surface area contributed by atoms with Crippen molar-refractivity contribution in [2.75, 3.05) is 11.3 Å². The lowest BCUT2D eigenvalue weighted by atomic mass is 10.0. The monoisotopic (exact) mass is 342 g/mol. The molecule has 0 unspecified atom stereocenters. The van der Waals surface area contributed by atoms with Crippen LogP contribution in [0.15, 0.2) is 24.3 Å². The van der Waals surface area contributed by atoms with Crippen LogP contribution in [-0.2, 0) is 26.3 Å². The molecule has 0 saturated heterocycles. The molecule has 0 aliphatic rings. The van der Waals surface area contributed by atoms with Crippen LogP contribution < -0.4 is 10.0 Å². The van der Waals surface area contributed by atoms with Crippen LogP contribution in [0.1, 0.15) is 32.3 Å². The SMILES string of the molecule is CC(C)C(=O)CCC(=O)NCCc1ccc(NS(=O)(=O)O)cc1. The van der Waals surface area contributed by atoms with Gasteiger partial charge in [-0.15, -0.1) is 0 Å². The molecule has 0 spiro atoms. The van der Waals surface area contributed by atoms with Crippen LogP contribution in [0.5, 0.6) is 0 Å². The van der Waals surface area contributed by atoms with Gasteiger partial charge in [0, 0.05) is 25.3 Å². The number of amides is 1. The van der Waals surface area contributed by atoms with Gasteiger partial charge >= 0.3 is 10.3 Å². The van der Waals surface area contributed by atoms with Gasteiger partial charge in [-0.25, -0.2) is 0 Å². The average molecular weight is 342 g/mol. The molecule has 0 heterocycles. The number of anilines is 1. The van der Waals surface area contributed by atoms with Gasteiger partial charge < -0.3 is 5.32 Å². The van der Waals surface area contributed by atoms with E-state index in [0.717, 1.165) is 5.56 Å². The van der Waals surface area contributed by atoms with Gasteiger partial charge in [-0.2, -0.15) is 8.42 Å². The third kappa shape index (κ3) is 8.32. The van der Waals surface area contributed by atoms with Crippen LogP contribution >= 0.6 is 0 Å². The highest BCUT2D eigenvalue weighted by Crippen LogP contribution is 2.11. The second-order valence-electron chi connectivity index (χ2n) is 5.50. The number of carbonyl (C=O) groups is 2. The highest BCUT2D eigenvalue weighted by molar-refractivity contribution is 7.87. The van der Waals surface area contributed by atoms with E-state index in [4.69, 9.17) is 4.55 Å². The number of benzene rings is 1. The molecule has 0 saturated carbocycles. The van der Waals surface area contributed by atoms with Crippen molar-refractivity contribution in [3.8, 4) is 0 Å². The van der Waals surface area contributed by atoms with Gasteiger partial charge in [0.15, 0.2) is 0 Å². The van der Waals surface area contributed by atoms with E-state index in [-0.39, 0.29) is 36.1 Å². The van der Waals surface area contributed by atoms with Gasteiger partial charge in [0.25, 0.3) is 0 Å². The third-order valence-electron chi connectivity index (χ3n) is 3.18. The van der Waals surface area contributed by atoms with Gasteiger partial charge in [0.1, 0.15) is 5.78 Å². The van der Waals surface area contributed by atoms with E-state index >= 15 is 0 Å². The summed E-state index contributed by atoms with van der Waals surface area (Å²) in [5, 5.41) is 2.74. The van der Waals surface area contributed by atoms with Gasteiger partial charge in [-0.3, -0.25) is 18.9 Å². The lowest BCUT2D eigenvalue weighted by molar-refractivity contribution is -0.126. The van der Waals surface area contributed by atoms with Crippen molar-refractivity contribution in [1.82, 2.24) is 5.32 Å². The summed E-state index contributed by atoms with van der Waals surface area (Å²) in [6.07, 6.45) is 1.02. The first-order valence-electron chi connectivity index (χ1n) is 7.31. The molecule has 0 bridgehead atoms. The molecular formula is C15H22N2O5S. The summed E-state index contributed by atoms with van der Waals surface area (Å²) < 4.78 is 31.9. The zero-order valence-electron chi connectivity index (χ0n) is 13.2. The molecule has 0 aliphatic carbocycles. The highest BCUT2D eigenvalue weighted by Gasteiger charge is 2.10. The summed E-state index contributed by atoms with van der Waals surface area (Å²) in [6.45, 7) is 4.04. The number of hydrogen-bond acceptors (Lipinski definition) is 4. The third-order valence-corrected chi connectivity index (χ3v) is 3.67. The topological polar surface area (TPSA) is 113 Å². The first-order valence-corrected chi connectivity index (χ1v) is 8.75. The molecule has 128 valence electrons. The number of ketones is 1. The van der Waals surface area contributed by atoms with Crippen molar-refractivity contribution >= 4 is 27.7 Å². The number of carbonyl (C=O) groups excluding carboxylic acids is 2. The molecule has 0 aliphatic heterocycles. The Morgan fingerprint density at radius 3 is 2.26 bits per heavy atom. The Balaban J connectivity index is 2.33. The molecule has 0 atom stereocenters. The smallest absolute Gasteiger partial charge is 0.356 e. The van der Waals surface area contributed by atoms with E-state index in [1.807, 2.05) is 4.72 Å². The van der Waals surface area contributed by atoms with E-state index in [1.165, 1.54) is 12.1 Å². The molecule has 0 aromatic heterocycles. The molecule has 1 aromatic carbocycles. The summed E-state index contributed by atoms with van der Waals surface area (Å²) in [5.74, 6) is -0.150. The molecule has 0 radical (unpaired) electrons. The fourth-order valence-electron chi connectivity index (χ4n) is 1.85. The predicted octanol–water partition coefficient (Wildman–Crippen LogP) is 1.57. The molecule has 23 heavy (non-hydrogen) atoms. The minimum atomic E-state index is -4.27. The Hall–Kier alpha value is -1.93. The van der Waals surface area contributed by atoms with E-state index < -0.39 is 10.3 Å². The highest BCUT2D eigenvalue weighted by atomic mass is 32.2. The van der Waals surface area contributed by atoms with Crippen LogP contribution in [0.25, 0.3) is 0 Å². The minimum absolute atomic E-state index is 0.0577. The van der Waals surface area contributed by atoms with Gasteiger partial charge in [-0.1, -0.05) is 26.0 Å². The van der Waals surface area contributed by atoms with Crippen molar-refractivity contribution in [3.05, 3.63) is 29.8 Å². The van der Waals surface area contributed by atoms with Crippen LogP contribution in [0.4, 0.5) is 5.69 Å². The Labute approximate surface area is 136 Å². The Morgan fingerprint density at radius 2 is 1.74 bits per heavy atom. The van der Waals surface area contributed by atoms with Gasteiger partial charge in [-0.05, 0) is 24.1 Å². The lowest BCUT2D eigenvalue weighted by Crippen LogP contribution is -2.26. The summed E-state index contributed by atoms with van der Waals surface area (Å²) >= 11 is 0. The summed E-state index contributed by atoms with van der Waals surface area (Å²) in [6, 6.07) is 6.43. The second kappa shape index (κ2) is 8.64. The predicted molar refractivity (Wildman–Crippen MR) is 87.4 cm³/mol. The fraction of sp³-hybridized carbons (Fsp3) is 0.467. The summed E-state index contributed by atoms with van der Waals surface area (Å²) in [4.78, 5) is 23.0. The van der Waals surface area contributed by atoms with Gasteiger partial charge in [0.2, 0.25) is 5.91 Å². The Morgan fingerprint density at radius 1 is 1.13 bits per heavy atom. The summed E-state index contributed by atoms with van der Waals surface area (Å²) in [7, 11) is -4.27. The molecule has 1 aromatic rings. The maximum Gasteiger partial charge on any atom is 0.357 e. The van der Waals surface area contributed by atoms with E-state index in [1.54, 1.807) is 26.0 Å². The molecule has 8 heteroatoms. The van der Waals surface area contributed by atoms with Crippen LogP contribution in [0.2, 0.25) is 0 Å². The molecule has 0 fully saturated rings. The molecule has 1 amide bonds. The zero-order chi connectivity index (χ0) is 17.5. The second-order valence-corrected chi connectivity index (χ2v) is 6.65. The first kappa shape index (κ1) is 19.1. The Bertz CT molecular complexity index is 638. The largest absolute Gasteiger partial charge is 0.357 e. The standard InChI is InChI=1S/C15H22N2O5S/c1-11(2)14(18)7-8-15(19)16-10-9-12-3-5-13(6-4-12)17-23(20,21)22/h3-6,11,17H,7-10H2,1-2H3,(H,16,19)(H,20,21,22). The quantitative estimate of drug-likeness (QED) is 0.590. The van der Waals surface area contributed by atoms with E-state index in [0.29, 0.717) is 13.0 Å². The molecule has 1 rings (SSSR count). The van der Waals surface area contributed by atoms with Crippen LogP contribution in [0.3, 0.4) is 0 Å². The zero-order valence-corrected chi connectivity index (χ0v) is 14.0. The fourth-order valence-corrected chi connectivity index (χ4v) is 2.28. The van der Waals surface area contributed by atoms with Crippen molar-refractivity contribution < 1.29 is 22.6 Å². The first-order chi connectivity index (χ1) is 10.7. The Kier molecular flexibility index (Phi) is 7.18. The van der Waals surface area contributed by atoms with Crippen LogP contribution in [-0.4, -0.2) is 31.2 Å². The summed E-state index contributed by atoms with van der Waals surface area (Å²) in [5.41, 5.74) is 1.16. The average Bonchev–Trinajstić information content (AvgIpc) is 2.45. The number of nitrogens with one attached hydrogen (secondary N) is 2. The molecule has 3 N–H and O–H groups in total. The number of Topliss-reactive ketones (excluding diaryl/α,β-unsaturated/α-hetero) is 1. The van der Waals surface area contributed by atoms with E-state index in [2.05, 4.69) is 5.32 Å². The van der Waals surface area contributed by atoms with Crippen molar-refractivity contribution in [2.45, 2.75) is 33.1 Å². The van der Waals surface area contributed by atoms with E-state index in [9.17, 15) is 18.0 Å². The van der Waals surface area contributed by atoms with Crippen molar-refractivity contribution in [2.24, 2.45) is 5.92 Å². The van der Waals surface area contributed by atoms with Crippen LogP contribution in [0, 0.1) is 5.92 Å². The van der Waals surface area contributed by atoms with Crippen molar-refractivity contribution in [1.29, 1.82) is 0 Å². The number of hydrogen-bond donors (Lipinski definition) is 3. The normalized spacial score (nSPS) is 11.3. The maximum atomic E-state index is 11.6. The lowest BCUT2D eigenvalue weighted by Gasteiger charge is -2.07. The maximum absolute atomic E-state index is 11.6. The minimum Gasteiger partial charge on any atom is -0.356 e. The molecule has 7 nitrogen and oxygen atoms in total. The van der Waals surface area contributed by atoms with Crippen molar-refractivity contribution in [3.63, 3.8) is 0 Å². The number of rotatable bonds is 9. The molecular weight excluding hydrogens is 320 g/mol. The van der Waals surface area contributed by atoms with Gasteiger partial charge in [0.05, 0.1) is 5.69 Å².